The third kappa shape index (κ3) is 9.72. The number of aromatic nitrogens is 2. The van der Waals surface area contributed by atoms with Crippen LogP contribution in [-0.2, 0) is 14.3 Å². The highest BCUT2D eigenvalue weighted by molar-refractivity contribution is 5.73. The molecule has 0 aromatic carbocycles. The summed E-state index contributed by atoms with van der Waals surface area (Å²) in [6.07, 6.45) is -5.12. The number of alkyl halides is 6. The van der Waals surface area contributed by atoms with Crippen LogP contribution in [0, 0.1) is 11.7 Å². The van der Waals surface area contributed by atoms with E-state index in [-0.39, 0.29) is 6.10 Å². The summed E-state index contributed by atoms with van der Waals surface area (Å²) in [5.41, 5.74) is 0. The summed E-state index contributed by atoms with van der Waals surface area (Å²) in [5, 5.41) is 14.2. The molecule has 0 amide bonds. The van der Waals surface area contributed by atoms with Crippen LogP contribution < -0.4 is 4.90 Å². The van der Waals surface area contributed by atoms with Gasteiger partial charge >= 0.3 is 24.3 Å². The summed E-state index contributed by atoms with van der Waals surface area (Å²) >= 11 is 0. The summed E-state index contributed by atoms with van der Waals surface area (Å²) in [4.78, 5) is 30.7. The molecular formula is C20H27F7N4O5. The summed E-state index contributed by atoms with van der Waals surface area (Å²) in [6, 6.07) is 0.762. The highest BCUT2D eigenvalue weighted by atomic mass is 19.4. The Balaban J connectivity index is 0.000000383. The zero-order chi connectivity index (χ0) is 27.8. The van der Waals surface area contributed by atoms with E-state index in [0.29, 0.717) is 23.9 Å². The van der Waals surface area contributed by atoms with Crippen LogP contribution in [0.5, 0.6) is 0 Å². The number of aliphatic carboxylic acids is 2. The molecule has 2 N–H and O–H groups in total. The zero-order valence-electron chi connectivity index (χ0n) is 19.6. The van der Waals surface area contributed by atoms with E-state index >= 15 is 0 Å². The maximum absolute atomic E-state index is 13.1. The van der Waals surface area contributed by atoms with Gasteiger partial charge in [0, 0.05) is 31.7 Å². The largest absolute Gasteiger partial charge is 0.490 e. The van der Waals surface area contributed by atoms with Gasteiger partial charge in [0.25, 0.3) is 0 Å². The number of carboxylic acid groups (broad SMARTS) is 2. The highest BCUT2D eigenvalue weighted by Gasteiger charge is 2.42. The fourth-order valence-electron chi connectivity index (χ4n) is 3.55. The average molecular weight is 536 g/mol. The molecule has 206 valence electrons. The fourth-order valence-corrected chi connectivity index (χ4v) is 3.55. The van der Waals surface area contributed by atoms with Gasteiger partial charge in [0.15, 0.2) is 5.82 Å². The van der Waals surface area contributed by atoms with E-state index in [1.165, 1.54) is 18.8 Å². The van der Waals surface area contributed by atoms with Crippen LogP contribution in [0.15, 0.2) is 12.4 Å². The quantitative estimate of drug-likeness (QED) is 0.562. The first-order valence-corrected chi connectivity index (χ1v) is 10.6. The number of fused-ring (bicyclic) bond motifs is 1. The van der Waals surface area contributed by atoms with Gasteiger partial charge < -0.3 is 19.8 Å². The van der Waals surface area contributed by atoms with Gasteiger partial charge in [0.2, 0.25) is 5.95 Å². The average Bonchev–Trinajstić information content (AvgIpc) is 2.77. The maximum atomic E-state index is 13.1. The van der Waals surface area contributed by atoms with Crippen LogP contribution in [0.1, 0.15) is 26.7 Å². The van der Waals surface area contributed by atoms with Crippen molar-refractivity contribution in [3.05, 3.63) is 18.2 Å². The number of hydrogen-bond donors (Lipinski definition) is 2. The molecule has 36 heavy (non-hydrogen) atoms. The molecule has 3 rings (SSSR count). The number of anilines is 1. The number of carboxylic acids is 2. The normalized spacial score (nSPS) is 22.1. The van der Waals surface area contributed by atoms with Gasteiger partial charge in [-0.15, -0.1) is 0 Å². The molecule has 2 fully saturated rings. The van der Waals surface area contributed by atoms with Crippen LogP contribution >= 0.6 is 0 Å². The van der Waals surface area contributed by atoms with Crippen LogP contribution in [0.4, 0.5) is 36.7 Å². The molecule has 16 heteroatoms. The summed E-state index contributed by atoms with van der Waals surface area (Å²) < 4.78 is 82.6. The van der Waals surface area contributed by atoms with Crippen LogP contribution in [0.2, 0.25) is 0 Å². The Morgan fingerprint density at radius 1 is 1.06 bits per heavy atom. The smallest absolute Gasteiger partial charge is 0.475 e. The monoisotopic (exact) mass is 536 g/mol. The second-order valence-corrected chi connectivity index (χ2v) is 8.28. The molecule has 0 radical (unpaired) electrons. The van der Waals surface area contributed by atoms with Gasteiger partial charge in [0.1, 0.15) is 0 Å². The number of hydrogen-bond acceptors (Lipinski definition) is 7. The summed E-state index contributed by atoms with van der Waals surface area (Å²) in [5.74, 6) is -4.80. The van der Waals surface area contributed by atoms with E-state index in [9.17, 15) is 30.7 Å². The van der Waals surface area contributed by atoms with Crippen molar-refractivity contribution in [3.63, 3.8) is 0 Å². The molecule has 3 atom stereocenters. The minimum atomic E-state index is -5.08. The van der Waals surface area contributed by atoms with Crippen molar-refractivity contribution in [2.75, 3.05) is 31.6 Å². The highest BCUT2D eigenvalue weighted by Crippen LogP contribution is 2.32. The SMILES string of the molecule is CC(C)N(C)[C@@H]1CN(c2ncc(F)cn2)C[C@@H]2CCCO[C@@H]21.O=C(O)C(F)(F)F.O=C(O)C(F)(F)F. The van der Waals surface area contributed by atoms with E-state index in [2.05, 4.69) is 40.7 Å². The van der Waals surface area contributed by atoms with Gasteiger partial charge in [-0.2, -0.15) is 26.3 Å². The van der Waals surface area contributed by atoms with E-state index in [0.717, 1.165) is 26.1 Å². The molecule has 0 aliphatic carbocycles. The lowest BCUT2D eigenvalue weighted by molar-refractivity contribution is -0.193. The van der Waals surface area contributed by atoms with Gasteiger partial charge in [-0.25, -0.2) is 23.9 Å². The number of halogens is 7. The minimum Gasteiger partial charge on any atom is -0.475 e. The van der Waals surface area contributed by atoms with Crippen LogP contribution in [0.3, 0.4) is 0 Å². The van der Waals surface area contributed by atoms with Crippen molar-refractivity contribution >= 4 is 17.9 Å². The molecule has 2 aliphatic rings. The Kier molecular flexibility index (Phi) is 11.3. The Labute approximate surface area is 201 Å². The zero-order valence-corrected chi connectivity index (χ0v) is 19.6. The molecule has 2 aliphatic heterocycles. The molecule has 1 aromatic rings. The van der Waals surface area contributed by atoms with Crippen molar-refractivity contribution in [1.82, 2.24) is 14.9 Å². The van der Waals surface area contributed by atoms with E-state index in [4.69, 9.17) is 24.5 Å². The number of piperidine rings is 1. The topological polar surface area (TPSA) is 116 Å². The number of ether oxygens (including phenoxy) is 1. The van der Waals surface area contributed by atoms with Crippen LogP contribution in [-0.4, -0.2) is 94.3 Å². The maximum Gasteiger partial charge on any atom is 0.490 e. The lowest BCUT2D eigenvalue weighted by Gasteiger charge is -2.49. The molecule has 0 spiro atoms. The molecule has 2 saturated heterocycles. The number of carbonyl (C=O) groups is 2. The molecule has 0 saturated carbocycles. The van der Waals surface area contributed by atoms with E-state index in [1.807, 2.05) is 0 Å². The fraction of sp³-hybridized carbons (Fsp3) is 0.700. The lowest BCUT2D eigenvalue weighted by Crippen LogP contribution is -2.61. The predicted molar refractivity (Wildman–Crippen MR) is 111 cm³/mol. The second-order valence-electron chi connectivity index (χ2n) is 8.28. The van der Waals surface area contributed by atoms with Gasteiger partial charge in [-0.05, 0) is 33.7 Å². The first-order chi connectivity index (χ1) is 16.4. The number of nitrogens with zero attached hydrogens (tertiary/aromatic N) is 4. The standard InChI is InChI=1S/C16H25FN4O.2C2HF3O2/c1-11(2)20(3)14-10-21(16-18-7-13(17)8-19-16)9-12-5-4-6-22-15(12)14;2*3-2(4,5)1(6)7/h7-8,11-12,14-15H,4-6,9-10H2,1-3H3;2*(H,6,7)/t12-,14+,15-;;/m0../s1. The van der Waals surface area contributed by atoms with Crippen molar-refractivity contribution in [2.24, 2.45) is 5.92 Å². The molecular weight excluding hydrogens is 509 g/mol. The summed E-state index contributed by atoms with van der Waals surface area (Å²) in [6.45, 7) is 6.97. The molecule has 9 nitrogen and oxygen atoms in total. The Morgan fingerprint density at radius 3 is 1.94 bits per heavy atom. The second kappa shape index (κ2) is 13.0. The van der Waals surface area contributed by atoms with Crippen molar-refractivity contribution in [2.45, 2.75) is 57.2 Å². The van der Waals surface area contributed by atoms with Crippen molar-refractivity contribution < 1.29 is 55.3 Å². The molecule has 0 bridgehead atoms. The molecule has 1 aromatic heterocycles. The Morgan fingerprint density at radius 2 is 1.53 bits per heavy atom. The molecule has 0 unspecified atom stereocenters. The molecule has 3 heterocycles. The Hall–Kier alpha value is -2.75. The summed E-state index contributed by atoms with van der Waals surface area (Å²) in [7, 11) is 2.15. The predicted octanol–water partition coefficient (Wildman–Crippen LogP) is 3.21. The van der Waals surface area contributed by atoms with Gasteiger partial charge in [0.05, 0.1) is 24.5 Å². The minimum absolute atomic E-state index is 0.276. The Bertz CT molecular complexity index is 828. The van der Waals surface area contributed by atoms with E-state index < -0.39 is 30.1 Å². The first-order valence-electron chi connectivity index (χ1n) is 10.6. The first kappa shape index (κ1) is 31.3. The third-order valence-corrected chi connectivity index (χ3v) is 5.45. The van der Waals surface area contributed by atoms with Crippen molar-refractivity contribution in [3.8, 4) is 0 Å². The lowest BCUT2D eigenvalue weighted by atomic mass is 9.84. The number of likely N-dealkylation sites (N-methyl/N-ethyl adjacent to an activating group) is 1. The number of rotatable bonds is 3. The van der Waals surface area contributed by atoms with Crippen LogP contribution in [0.25, 0.3) is 0 Å². The van der Waals surface area contributed by atoms with Gasteiger partial charge in [-0.3, -0.25) is 4.90 Å². The van der Waals surface area contributed by atoms with Crippen molar-refractivity contribution in [1.29, 1.82) is 0 Å². The van der Waals surface area contributed by atoms with E-state index in [1.54, 1.807) is 0 Å². The third-order valence-electron chi connectivity index (χ3n) is 5.45. The van der Waals surface area contributed by atoms with Gasteiger partial charge in [-0.1, -0.05) is 0 Å².